The molecular weight excluding hydrogens is 366 g/mol. The molecule has 0 radical (unpaired) electrons. The smallest absolute Gasteiger partial charge is 0.344 e. The Morgan fingerprint density at radius 1 is 1.07 bits per heavy atom. The molecule has 0 unspecified atom stereocenters. The van der Waals surface area contributed by atoms with Gasteiger partial charge in [0.05, 0.1) is 0 Å². The van der Waals surface area contributed by atoms with Gasteiger partial charge in [-0.2, -0.15) is 0 Å². The fourth-order valence-electron chi connectivity index (χ4n) is 6.69. The second-order valence-electron chi connectivity index (χ2n) is 9.89. The monoisotopic (exact) mass is 397 g/mol. The van der Waals surface area contributed by atoms with Gasteiger partial charge in [-0.15, -0.1) is 0 Å². The van der Waals surface area contributed by atoms with Crippen LogP contribution in [0.3, 0.4) is 0 Å². The van der Waals surface area contributed by atoms with E-state index < -0.39 is 12.1 Å². The van der Waals surface area contributed by atoms with E-state index >= 15 is 0 Å². The third-order valence-electron chi connectivity index (χ3n) is 7.53. The molecule has 5 aliphatic rings. The van der Waals surface area contributed by atoms with Crippen molar-refractivity contribution in [3.8, 4) is 5.75 Å². The lowest BCUT2D eigenvalue weighted by molar-refractivity contribution is -0.158. The summed E-state index contributed by atoms with van der Waals surface area (Å²) in [5.41, 5.74) is 2.61. The maximum atomic E-state index is 12.7. The van der Waals surface area contributed by atoms with Crippen LogP contribution < -0.4 is 10.1 Å². The second-order valence-corrected chi connectivity index (χ2v) is 9.89. The maximum absolute atomic E-state index is 12.7. The summed E-state index contributed by atoms with van der Waals surface area (Å²) in [7, 11) is 0. The number of carbonyl (C=O) groups excluding carboxylic acids is 2. The molecule has 6 rings (SSSR count). The van der Waals surface area contributed by atoms with Gasteiger partial charge < -0.3 is 14.8 Å². The molecule has 1 aromatic rings. The van der Waals surface area contributed by atoms with Gasteiger partial charge in [-0.1, -0.05) is 6.07 Å². The molecule has 156 valence electrons. The van der Waals surface area contributed by atoms with Crippen molar-refractivity contribution in [1.82, 2.24) is 5.32 Å². The normalized spacial score (nSPS) is 32.5. The van der Waals surface area contributed by atoms with Crippen molar-refractivity contribution in [2.45, 2.75) is 76.4 Å². The second kappa shape index (κ2) is 7.33. The minimum atomic E-state index is -0.792. The highest BCUT2D eigenvalue weighted by atomic mass is 16.6. The Morgan fingerprint density at radius 2 is 1.72 bits per heavy atom. The van der Waals surface area contributed by atoms with E-state index in [1.807, 2.05) is 12.1 Å². The molecule has 5 nitrogen and oxygen atoms in total. The van der Waals surface area contributed by atoms with E-state index in [1.54, 1.807) is 6.92 Å². The van der Waals surface area contributed by atoms with Crippen LogP contribution in [-0.2, 0) is 27.2 Å². The van der Waals surface area contributed by atoms with Crippen molar-refractivity contribution < 1.29 is 19.1 Å². The Morgan fingerprint density at radius 3 is 2.41 bits per heavy atom. The van der Waals surface area contributed by atoms with Crippen molar-refractivity contribution in [2.75, 3.05) is 6.61 Å². The molecule has 0 aliphatic heterocycles. The van der Waals surface area contributed by atoms with Crippen LogP contribution in [0.25, 0.3) is 0 Å². The van der Waals surface area contributed by atoms with E-state index in [2.05, 4.69) is 11.4 Å². The molecule has 5 aliphatic carbocycles. The van der Waals surface area contributed by atoms with Gasteiger partial charge in [0.2, 0.25) is 0 Å². The molecule has 0 heterocycles. The number of ether oxygens (including phenoxy) is 2. The molecule has 0 spiro atoms. The zero-order chi connectivity index (χ0) is 20.0. The van der Waals surface area contributed by atoms with Crippen molar-refractivity contribution in [2.24, 2.45) is 17.8 Å². The summed E-state index contributed by atoms with van der Waals surface area (Å²) < 4.78 is 11.0. The minimum Gasteiger partial charge on any atom is -0.482 e. The molecule has 29 heavy (non-hydrogen) atoms. The lowest BCUT2D eigenvalue weighted by Gasteiger charge is -2.57. The molecule has 4 saturated carbocycles. The van der Waals surface area contributed by atoms with E-state index in [4.69, 9.17) is 9.47 Å². The molecular formula is C24H31NO4. The van der Waals surface area contributed by atoms with Crippen LogP contribution in [0.1, 0.15) is 63.0 Å². The first-order valence-corrected chi connectivity index (χ1v) is 11.2. The fraction of sp³-hybridized carbons (Fsp3) is 0.667. The number of benzene rings is 1. The van der Waals surface area contributed by atoms with Crippen molar-refractivity contribution >= 4 is 11.9 Å². The Labute approximate surface area is 172 Å². The quantitative estimate of drug-likeness (QED) is 0.746. The number of rotatable bonds is 6. The van der Waals surface area contributed by atoms with Crippen LogP contribution in [0.4, 0.5) is 0 Å². The van der Waals surface area contributed by atoms with E-state index in [9.17, 15) is 9.59 Å². The zero-order valence-electron chi connectivity index (χ0n) is 17.2. The Kier molecular flexibility index (Phi) is 4.79. The van der Waals surface area contributed by atoms with Gasteiger partial charge in [0.15, 0.2) is 12.7 Å². The number of hydrogen-bond acceptors (Lipinski definition) is 4. The minimum absolute atomic E-state index is 0.0621. The number of esters is 1. The summed E-state index contributed by atoms with van der Waals surface area (Å²) in [6, 6.07) is 5.99. The number of amides is 1. The largest absolute Gasteiger partial charge is 0.482 e. The highest BCUT2D eigenvalue weighted by Gasteiger charge is 2.51. The lowest BCUT2D eigenvalue weighted by Crippen LogP contribution is -2.61. The highest BCUT2D eigenvalue weighted by molar-refractivity contribution is 5.84. The summed E-state index contributed by atoms with van der Waals surface area (Å²) in [6.45, 7) is 1.48. The lowest BCUT2D eigenvalue weighted by atomic mass is 9.53. The number of carbonyl (C=O) groups is 2. The van der Waals surface area contributed by atoms with Crippen LogP contribution in [-0.4, -0.2) is 30.1 Å². The number of aryl methyl sites for hydroxylation is 2. The van der Waals surface area contributed by atoms with Crippen molar-refractivity contribution in [1.29, 1.82) is 0 Å². The molecule has 1 N–H and O–H groups in total. The number of nitrogens with one attached hydrogen (secondary N) is 1. The predicted octanol–water partition coefficient (Wildman–Crippen LogP) is 3.57. The van der Waals surface area contributed by atoms with E-state index in [-0.39, 0.29) is 18.1 Å². The Bertz CT molecular complexity index is 782. The van der Waals surface area contributed by atoms with Gasteiger partial charge in [-0.05, 0) is 106 Å². The Balaban J connectivity index is 1.12. The van der Waals surface area contributed by atoms with Crippen LogP contribution >= 0.6 is 0 Å². The van der Waals surface area contributed by atoms with Crippen molar-refractivity contribution in [3.05, 3.63) is 29.3 Å². The van der Waals surface area contributed by atoms with Crippen molar-refractivity contribution in [3.63, 3.8) is 0 Å². The average Bonchev–Trinajstić information content (AvgIpc) is 3.12. The van der Waals surface area contributed by atoms with Gasteiger partial charge in [-0.3, -0.25) is 4.79 Å². The first-order chi connectivity index (χ1) is 14.0. The summed E-state index contributed by atoms with van der Waals surface area (Å²) in [5.74, 6) is 2.31. The molecule has 1 atom stereocenters. The summed E-state index contributed by atoms with van der Waals surface area (Å²) in [6.07, 6.45) is 9.84. The topological polar surface area (TPSA) is 64.6 Å². The van der Waals surface area contributed by atoms with Gasteiger partial charge in [0.1, 0.15) is 5.75 Å². The average molecular weight is 398 g/mol. The molecule has 4 fully saturated rings. The number of hydrogen-bond donors (Lipinski definition) is 1. The van der Waals surface area contributed by atoms with Crippen LogP contribution in [0.15, 0.2) is 18.2 Å². The molecule has 1 aromatic carbocycles. The predicted molar refractivity (Wildman–Crippen MR) is 109 cm³/mol. The summed E-state index contributed by atoms with van der Waals surface area (Å²) >= 11 is 0. The zero-order valence-corrected chi connectivity index (χ0v) is 17.2. The van der Waals surface area contributed by atoms with Crippen LogP contribution in [0, 0.1) is 17.8 Å². The van der Waals surface area contributed by atoms with Gasteiger partial charge >= 0.3 is 5.97 Å². The fourth-order valence-corrected chi connectivity index (χ4v) is 6.69. The van der Waals surface area contributed by atoms with Crippen LogP contribution in [0.2, 0.25) is 0 Å². The number of fused-ring (bicyclic) bond motifs is 1. The summed E-state index contributed by atoms with van der Waals surface area (Å²) in [4.78, 5) is 24.9. The third-order valence-corrected chi connectivity index (χ3v) is 7.53. The van der Waals surface area contributed by atoms with E-state index in [0.29, 0.717) is 5.75 Å². The molecule has 0 saturated heterocycles. The Hall–Kier alpha value is -2.04. The standard InChI is InChI=1S/C24H31NO4/c1-15(23(27)25-24-11-16-7-17(12-24)9-18(8-16)13-24)29-22(26)14-28-21-6-5-19-3-2-4-20(19)10-21/h5-6,10,15-18H,2-4,7-9,11-14H2,1H3,(H,25,27)/t15-,16?,17?,18?,24?/m1/s1. The highest BCUT2D eigenvalue weighted by Crippen LogP contribution is 2.55. The SMILES string of the molecule is C[C@@H](OC(=O)COc1ccc2c(c1)CCC2)C(=O)NC12CC3CC(CC(C3)C1)C2. The maximum Gasteiger partial charge on any atom is 0.344 e. The first kappa shape index (κ1) is 19.0. The molecule has 5 heteroatoms. The van der Waals surface area contributed by atoms with Gasteiger partial charge in [0.25, 0.3) is 5.91 Å². The molecule has 0 aromatic heterocycles. The molecule has 4 bridgehead atoms. The first-order valence-electron chi connectivity index (χ1n) is 11.2. The van der Waals surface area contributed by atoms with E-state index in [1.165, 1.54) is 36.8 Å². The van der Waals surface area contributed by atoms with Gasteiger partial charge in [-0.25, -0.2) is 4.79 Å². The van der Waals surface area contributed by atoms with E-state index in [0.717, 1.165) is 49.9 Å². The third kappa shape index (κ3) is 3.88. The van der Waals surface area contributed by atoms with Gasteiger partial charge in [0, 0.05) is 5.54 Å². The molecule has 1 amide bonds. The summed E-state index contributed by atoms with van der Waals surface area (Å²) in [5, 5.41) is 3.27. The van der Waals surface area contributed by atoms with Crippen LogP contribution in [0.5, 0.6) is 5.75 Å².